The van der Waals surface area contributed by atoms with Gasteiger partial charge in [0, 0.05) is 50.8 Å². The molecule has 0 bridgehead atoms. The Morgan fingerprint density at radius 2 is 1.20 bits per heavy atom. The molecule has 0 saturated carbocycles. The maximum absolute atomic E-state index is 2.81. The molecule has 0 spiro atoms. The van der Waals surface area contributed by atoms with E-state index in [1.54, 1.807) is 0 Å². The number of nitrogens with zero attached hydrogens (tertiary/aromatic N) is 3. The number of rotatable bonds is 1. The van der Waals surface area contributed by atoms with Crippen LogP contribution in [0.25, 0.3) is 0 Å². The van der Waals surface area contributed by atoms with Gasteiger partial charge >= 0.3 is 0 Å². The van der Waals surface area contributed by atoms with E-state index in [0.717, 1.165) is 0 Å². The predicted molar refractivity (Wildman–Crippen MR) is 69.8 cm³/mol. The van der Waals surface area contributed by atoms with Crippen LogP contribution in [0.3, 0.4) is 0 Å². The predicted octanol–water partition coefficient (Wildman–Crippen LogP) is 0.529. The highest BCUT2D eigenvalue weighted by Crippen LogP contribution is 2.49. The first-order valence-electron chi connectivity index (χ1n) is 5.96. The van der Waals surface area contributed by atoms with Gasteiger partial charge in [0.15, 0.2) is 0 Å². The second kappa shape index (κ2) is 4.62. The van der Waals surface area contributed by atoms with Gasteiger partial charge < -0.3 is 9.80 Å². The summed E-state index contributed by atoms with van der Waals surface area (Å²) >= 11 is 0. The molecule has 90 valence electrons. The minimum absolute atomic E-state index is 0.433. The van der Waals surface area contributed by atoms with Crippen molar-refractivity contribution in [2.75, 3.05) is 71.1 Å². The summed E-state index contributed by atoms with van der Waals surface area (Å²) in [7, 11) is 4.06. The molecule has 0 aromatic heterocycles. The Morgan fingerprint density at radius 3 is 1.73 bits per heavy atom. The van der Waals surface area contributed by atoms with Crippen LogP contribution in [0.1, 0.15) is 0 Å². The monoisotopic (exact) mass is 231 g/mol. The normalized spacial score (nSPS) is 32.7. The van der Waals surface area contributed by atoms with E-state index >= 15 is 0 Å². The van der Waals surface area contributed by atoms with Crippen molar-refractivity contribution >= 4 is 10.2 Å². The summed E-state index contributed by atoms with van der Waals surface area (Å²) in [6.07, 6.45) is 2.55. The average Bonchev–Trinajstić information content (AvgIpc) is 2.24. The summed E-state index contributed by atoms with van der Waals surface area (Å²) in [5, 5.41) is 0. The lowest BCUT2D eigenvalue weighted by atomic mass is 10.4. The van der Waals surface area contributed by atoms with E-state index in [4.69, 9.17) is 0 Å². The molecular weight excluding hydrogens is 206 g/mol. The summed E-state index contributed by atoms with van der Waals surface area (Å²) in [6.45, 7) is 7.73. The molecule has 2 fully saturated rings. The molecule has 0 unspecified atom stereocenters. The Kier molecular flexibility index (Phi) is 3.60. The number of hydrogen-bond acceptors (Lipinski definition) is 3. The van der Waals surface area contributed by atoms with Gasteiger partial charge in [-0.3, -0.25) is 4.31 Å². The Balaban J connectivity index is 1.91. The molecule has 0 aliphatic carbocycles. The quantitative estimate of drug-likeness (QED) is 0.652. The second-order valence-electron chi connectivity index (χ2n) is 5.17. The Labute approximate surface area is 95.9 Å². The van der Waals surface area contributed by atoms with Gasteiger partial charge in [-0.05, 0) is 20.4 Å². The van der Waals surface area contributed by atoms with Gasteiger partial charge in [0.05, 0.1) is 0 Å². The van der Waals surface area contributed by atoms with Gasteiger partial charge in [0.1, 0.15) is 0 Å². The van der Waals surface area contributed by atoms with E-state index in [0.29, 0.717) is 0 Å². The largest absolute Gasteiger partial charge is 0.305 e. The lowest BCUT2D eigenvalue weighted by molar-refractivity contribution is 0.227. The molecule has 0 amide bonds. The van der Waals surface area contributed by atoms with Crippen LogP contribution in [0.15, 0.2) is 0 Å². The minimum atomic E-state index is -0.433. The molecule has 0 aromatic rings. The summed E-state index contributed by atoms with van der Waals surface area (Å²) in [5.41, 5.74) is 0. The fraction of sp³-hybridized carbons (Fsp3) is 1.00. The maximum Gasteiger partial charge on any atom is 0.0202 e. The first-order chi connectivity index (χ1) is 7.10. The van der Waals surface area contributed by atoms with E-state index in [9.17, 15) is 0 Å². The van der Waals surface area contributed by atoms with Gasteiger partial charge in [-0.2, -0.15) is 10.2 Å². The minimum Gasteiger partial charge on any atom is -0.305 e. The van der Waals surface area contributed by atoms with Crippen molar-refractivity contribution < 1.29 is 0 Å². The van der Waals surface area contributed by atoms with Crippen molar-refractivity contribution in [2.45, 2.75) is 0 Å². The SMILES string of the molecule is CN1CCN(S2(C)CCN(C)CC2)CC1. The van der Waals surface area contributed by atoms with Gasteiger partial charge in [0.25, 0.3) is 0 Å². The molecule has 0 aromatic carbocycles. The first kappa shape index (κ1) is 11.7. The van der Waals surface area contributed by atoms with E-state index in [-0.39, 0.29) is 0 Å². The highest BCUT2D eigenvalue weighted by molar-refractivity contribution is 8.31. The second-order valence-corrected chi connectivity index (χ2v) is 8.94. The smallest absolute Gasteiger partial charge is 0.0202 e. The van der Waals surface area contributed by atoms with Crippen LogP contribution >= 0.6 is 10.2 Å². The van der Waals surface area contributed by atoms with Crippen LogP contribution in [0.5, 0.6) is 0 Å². The van der Waals surface area contributed by atoms with E-state index in [1.807, 2.05) is 0 Å². The third-order valence-corrected chi connectivity index (χ3v) is 7.65. The maximum atomic E-state index is 2.81. The molecule has 0 atom stereocenters. The molecule has 2 rings (SSSR count). The summed E-state index contributed by atoms with van der Waals surface area (Å²) < 4.78 is 2.81. The molecule has 4 heteroatoms. The van der Waals surface area contributed by atoms with Crippen LogP contribution in [-0.2, 0) is 0 Å². The first-order valence-corrected chi connectivity index (χ1v) is 8.30. The molecular formula is C11H25N3S. The van der Waals surface area contributed by atoms with Crippen molar-refractivity contribution in [3.63, 3.8) is 0 Å². The van der Waals surface area contributed by atoms with Crippen LogP contribution in [-0.4, -0.2) is 85.2 Å². The number of piperazine rings is 1. The standard InChI is InChI=1S/C11H25N3S/c1-12-4-6-14(7-5-12)15(3)10-8-13(2)9-11-15/h4-11H2,1-3H3. The molecule has 2 aliphatic rings. The molecule has 0 radical (unpaired) electrons. The summed E-state index contributed by atoms with van der Waals surface area (Å²) in [4.78, 5) is 4.93. The average molecular weight is 231 g/mol. The molecule has 15 heavy (non-hydrogen) atoms. The molecule has 2 aliphatic heterocycles. The van der Waals surface area contributed by atoms with Crippen molar-refractivity contribution in [3.8, 4) is 0 Å². The van der Waals surface area contributed by atoms with Crippen LogP contribution in [0, 0.1) is 0 Å². The molecule has 2 heterocycles. The van der Waals surface area contributed by atoms with E-state index in [1.165, 1.54) is 50.8 Å². The molecule has 0 N–H and O–H groups in total. The van der Waals surface area contributed by atoms with E-state index in [2.05, 4.69) is 34.5 Å². The van der Waals surface area contributed by atoms with E-state index < -0.39 is 10.2 Å². The van der Waals surface area contributed by atoms with Gasteiger partial charge in [-0.15, -0.1) is 0 Å². The van der Waals surface area contributed by atoms with Crippen molar-refractivity contribution in [2.24, 2.45) is 0 Å². The van der Waals surface area contributed by atoms with Gasteiger partial charge in [-0.25, -0.2) is 0 Å². The van der Waals surface area contributed by atoms with Gasteiger partial charge in [0.2, 0.25) is 0 Å². The third kappa shape index (κ3) is 2.67. The summed E-state index contributed by atoms with van der Waals surface area (Å²) in [6, 6.07) is 0. The number of likely N-dealkylation sites (N-methyl/N-ethyl adjacent to an activating group) is 1. The highest BCUT2D eigenvalue weighted by atomic mass is 32.3. The third-order valence-electron chi connectivity index (χ3n) is 3.91. The molecule has 3 nitrogen and oxygen atoms in total. The lowest BCUT2D eigenvalue weighted by Crippen LogP contribution is -2.50. The Morgan fingerprint density at radius 1 is 0.733 bits per heavy atom. The fourth-order valence-electron chi connectivity index (χ4n) is 2.41. The zero-order chi connectivity index (χ0) is 10.9. The fourth-order valence-corrected chi connectivity index (χ4v) is 5.58. The van der Waals surface area contributed by atoms with Gasteiger partial charge in [-0.1, -0.05) is 0 Å². The van der Waals surface area contributed by atoms with Crippen molar-refractivity contribution in [1.29, 1.82) is 0 Å². The zero-order valence-corrected chi connectivity index (χ0v) is 11.2. The highest BCUT2D eigenvalue weighted by Gasteiger charge is 2.31. The Bertz CT molecular complexity index is 206. The molecule has 2 saturated heterocycles. The van der Waals surface area contributed by atoms with Crippen LogP contribution in [0.2, 0.25) is 0 Å². The van der Waals surface area contributed by atoms with Crippen LogP contribution in [0.4, 0.5) is 0 Å². The van der Waals surface area contributed by atoms with Crippen LogP contribution < -0.4 is 0 Å². The summed E-state index contributed by atoms with van der Waals surface area (Å²) in [5.74, 6) is 2.85. The van der Waals surface area contributed by atoms with Crippen molar-refractivity contribution in [3.05, 3.63) is 0 Å². The Hall–Kier alpha value is 0.230. The lowest BCUT2D eigenvalue weighted by Gasteiger charge is -2.52. The zero-order valence-electron chi connectivity index (χ0n) is 10.4. The topological polar surface area (TPSA) is 9.72 Å². The van der Waals surface area contributed by atoms with Crippen molar-refractivity contribution in [1.82, 2.24) is 14.1 Å². The number of hydrogen-bond donors (Lipinski definition) is 0.